The Morgan fingerprint density at radius 1 is 1.60 bits per heavy atom. The zero-order valence-electron chi connectivity index (χ0n) is 9.17. The molecule has 1 aromatic rings. The lowest BCUT2D eigenvalue weighted by molar-refractivity contribution is 0.792. The summed E-state index contributed by atoms with van der Waals surface area (Å²) in [6.45, 7) is 5.74. The van der Waals surface area contributed by atoms with Gasteiger partial charge in [-0.1, -0.05) is 31.2 Å². The van der Waals surface area contributed by atoms with E-state index in [4.69, 9.17) is 0 Å². The van der Waals surface area contributed by atoms with E-state index in [2.05, 4.69) is 23.5 Å². The lowest BCUT2D eigenvalue weighted by Crippen LogP contribution is -2.18. The number of rotatable bonds is 5. The first kappa shape index (κ1) is 12.0. The molecule has 0 aliphatic carbocycles. The van der Waals surface area contributed by atoms with Crippen molar-refractivity contribution in [1.82, 2.24) is 9.97 Å². The number of nitrogens with zero attached hydrogens (tertiary/aromatic N) is 1. The number of aromatic nitrogens is 2. The number of aromatic amines is 1. The van der Waals surface area contributed by atoms with E-state index in [1.165, 1.54) is 11.8 Å². The molecule has 0 bridgehead atoms. The van der Waals surface area contributed by atoms with Crippen molar-refractivity contribution < 1.29 is 0 Å². The van der Waals surface area contributed by atoms with Crippen LogP contribution in [-0.2, 0) is 12.8 Å². The number of aryl methyl sites for hydroxylation is 1. The maximum absolute atomic E-state index is 11.7. The summed E-state index contributed by atoms with van der Waals surface area (Å²) < 4.78 is 0. The van der Waals surface area contributed by atoms with Crippen molar-refractivity contribution in [2.75, 3.05) is 6.26 Å². The van der Waals surface area contributed by atoms with E-state index in [1.807, 2.05) is 6.26 Å². The average molecular weight is 224 g/mol. The molecule has 0 aliphatic rings. The molecule has 0 aromatic carbocycles. The van der Waals surface area contributed by atoms with Crippen LogP contribution in [-0.4, -0.2) is 16.2 Å². The van der Waals surface area contributed by atoms with Crippen molar-refractivity contribution in [3.05, 3.63) is 34.3 Å². The minimum absolute atomic E-state index is 0.0299. The van der Waals surface area contributed by atoms with Gasteiger partial charge in [-0.25, -0.2) is 4.98 Å². The summed E-state index contributed by atoms with van der Waals surface area (Å²) in [5, 5.41) is 0.691. The van der Waals surface area contributed by atoms with E-state index in [1.54, 1.807) is 6.08 Å². The van der Waals surface area contributed by atoms with E-state index < -0.39 is 0 Å². The van der Waals surface area contributed by atoms with Gasteiger partial charge in [-0.2, -0.15) is 0 Å². The third-order valence-corrected chi connectivity index (χ3v) is 2.69. The highest BCUT2D eigenvalue weighted by atomic mass is 32.2. The van der Waals surface area contributed by atoms with Gasteiger partial charge >= 0.3 is 0 Å². The van der Waals surface area contributed by atoms with Crippen LogP contribution < -0.4 is 5.56 Å². The van der Waals surface area contributed by atoms with Crippen LogP contribution in [0.15, 0.2) is 22.6 Å². The topological polar surface area (TPSA) is 45.8 Å². The summed E-state index contributed by atoms with van der Waals surface area (Å²) in [7, 11) is 0. The molecule has 15 heavy (non-hydrogen) atoms. The van der Waals surface area contributed by atoms with Gasteiger partial charge in [-0.3, -0.25) is 4.79 Å². The first-order valence-electron chi connectivity index (χ1n) is 4.99. The molecule has 4 heteroatoms. The van der Waals surface area contributed by atoms with Gasteiger partial charge in [-0.15, -0.1) is 6.58 Å². The lowest BCUT2D eigenvalue weighted by atomic mass is 10.1. The highest BCUT2D eigenvalue weighted by molar-refractivity contribution is 7.98. The number of allylic oxidation sites excluding steroid dienone is 1. The molecule has 3 nitrogen and oxygen atoms in total. The van der Waals surface area contributed by atoms with Crippen molar-refractivity contribution in [3.8, 4) is 0 Å². The molecule has 0 spiro atoms. The van der Waals surface area contributed by atoms with Crippen LogP contribution in [0.2, 0.25) is 0 Å². The smallest absolute Gasteiger partial charge is 0.255 e. The van der Waals surface area contributed by atoms with Crippen LogP contribution in [0.5, 0.6) is 0 Å². The van der Waals surface area contributed by atoms with E-state index >= 15 is 0 Å². The number of H-pyrrole nitrogens is 1. The van der Waals surface area contributed by atoms with Crippen LogP contribution in [0.25, 0.3) is 0 Å². The Bertz CT molecular complexity index is 398. The zero-order valence-corrected chi connectivity index (χ0v) is 9.99. The number of hydrogen-bond donors (Lipinski definition) is 1. The maximum Gasteiger partial charge on any atom is 0.255 e. The van der Waals surface area contributed by atoms with Gasteiger partial charge in [0.15, 0.2) is 5.16 Å². The molecule has 1 heterocycles. The Labute approximate surface area is 94.0 Å². The Morgan fingerprint density at radius 3 is 2.87 bits per heavy atom. The van der Waals surface area contributed by atoms with Gasteiger partial charge in [0.2, 0.25) is 0 Å². The lowest BCUT2D eigenvalue weighted by Gasteiger charge is -2.06. The highest BCUT2D eigenvalue weighted by Crippen LogP contribution is 2.11. The van der Waals surface area contributed by atoms with Gasteiger partial charge < -0.3 is 4.98 Å². The summed E-state index contributed by atoms with van der Waals surface area (Å²) in [6, 6.07) is 0. The molecule has 1 N–H and O–H groups in total. The Kier molecular flexibility index (Phi) is 4.62. The predicted molar refractivity (Wildman–Crippen MR) is 64.5 cm³/mol. The monoisotopic (exact) mass is 224 g/mol. The summed E-state index contributed by atoms with van der Waals surface area (Å²) in [5.41, 5.74) is 1.63. The molecule has 1 aromatic heterocycles. The molecule has 0 saturated carbocycles. The second-order valence-electron chi connectivity index (χ2n) is 3.24. The minimum Gasteiger partial charge on any atom is -0.301 e. The van der Waals surface area contributed by atoms with Crippen molar-refractivity contribution in [2.24, 2.45) is 0 Å². The van der Waals surface area contributed by atoms with Crippen LogP contribution >= 0.6 is 11.8 Å². The minimum atomic E-state index is -0.0299. The van der Waals surface area contributed by atoms with E-state index in [9.17, 15) is 4.79 Å². The highest BCUT2D eigenvalue weighted by Gasteiger charge is 2.08. The SMILES string of the molecule is C=CCc1c(CCC)nc(SC)[nH]c1=O. The summed E-state index contributed by atoms with van der Waals surface area (Å²) in [4.78, 5) is 18.9. The molecule has 0 aliphatic heterocycles. The Hall–Kier alpha value is -1.03. The fraction of sp³-hybridized carbons (Fsp3) is 0.455. The van der Waals surface area contributed by atoms with E-state index in [0.717, 1.165) is 24.1 Å². The van der Waals surface area contributed by atoms with Crippen LogP contribution in [0.1, 0.15) is 24.6 Å². The molecule has 1 rings (SSSR count). The Morgan fingerprint density at radius 2 is 2.33 bits per heavy atom. The first-order chi connectivity index (χ1) is 7.22. The zero-order chi connectivity index (χ0) is 11.3. The normalized spacial score (nSPS) is 10.3. The van der Waals surface area contributed by atoms with Gasteiger partial charge in [-0.05, 0) is 19.1 Å². The molecule has 0 saturated heterocycles. The third kappa shape index (κ3) is 2.96. The predicted octanol–water partition coefficient (Wildman–Crippen LogP) is 2.17. The average Bonchev–Trinajstić information content (AvgIpc) is 2.23. The number of nitrogens with one attached hydrogen (secondary N) is 1. The molecular weight excluding hydrogens is 208 g/mol. The van der Waals surface area contributed by atoms with Gasteiger partial charge in [0.1, 0.15) is 0 Å². The van der Waals surface area contributed by atoms with Gasteiger partial charge in [0, 0.05) is 5.56 Å². The standard InChI is InChI=1S/C11H16N2OS/c1-4-6-8-9(7-5-2)12-11(15-3)13-10(8)14/h4H,1,5-7H2,2-3H3,(H,12,13,14). The summed E-state index contributed by atoms with van der Waals surface area (Å²) in [6.07, 6.45) is 6.08. The van der Waals surface area contributed by atoms with Crippen LogP contribution in [0.3, 0.4) is 0 Å². The van der Waals surface area contributed by atoms with Crippen molar-refractivity contribution >= 4 is 11.8 Å². The van der Waals surface area contributed by atoms with Gasteiger partial charge in [0.05, 0.1) is 5.69 Å². The van der Waals surface area contributed by atoms with Crippen molar-refractivity contribution in [3.63, 3.8) is 0 Å². The van der Waals surface area contributed by atoms with Crippen LogP contribution in [0, 0.1) is 0 Å². The van der Waals surface area contributed by atoms with Gasteiger partial charge in [0.25, 0.3) is 5.56 Å². The largest absolute Gasteiger partial charge is 0.301 e. The molecular formula is C11H16N2OS. The molecule has 0 fully saturated rings. The van der Waals surface area contributed by atoms with Crippen molar-refractivity contribution in [1.29, 1.82) is 0 Å². The number of hydrogen-bond acceptors (Lipinski definition) is 3. The van der Waals surface area contributed by atoms with E-state index in [0.29, 0.717) is 11.6 Å². The summed E-state index contributed by atoms with van der Waals surface area (Å²) >= 11 is 1.46. The first-order valence-corrected chi connectivity index (χ1v) is 6.22. The molecule has 0 radical (unpaired) electrons. The third-order valence-electron chi connectivity index (χ3n) is 2.11. The molecule has 0 unspecified atom stereocenters. The second-order valence-corrected chi connectivity index (χ2v) is 4.04. The summed E-state index contributed by atoms with van der Waals surface area (Å²) in [5.74, 6) is 0. The Balaban J connectivity index is 3.21. The second kappa shape index (κ2) is 5.75. The quantitative estimate of drug-likeness (QED) is 0.473. The maximum atomic E-state index is 11.7. The number of thioether (sulfide) groups is 1. The van der Waals surface area contributed by atoms with Crippen molar-refractivity contribution in [2.45, 2.75) is 31.3 Å². The van der Waals surface area contributed by atoms with Crippen LogP contribution in [0.4, 0.5) is 0 Å². The van der Waals surface area contributed by atoms with E-state index in [-0.39, 0.29) is 5.56 Å². The molecule has 82 valence electrons. The molecule has 0 amide bonds. The molecule has 0 atom stereocenters. The fourth-order valence-electron chi connectivity index (χ4n) is 1.42. The fourth-order valence-corrected chi connectivity index (χ4v) is 1.81.